The summed E-state index contributed by atoms with van der Waals surface area (Å²) >= 11 is 0. The fraction of sp³-hybridized carbons (Fsp3) is 0.346. The maximum Gasteiger partial charge on any atom is 0.233 e. The van der Waals surface area contributed by atoms with Gasteiger partial charge in [-0.3, -0.25) is 4.68 Å². The molecule has 0 spiro atoms. The van der Waals surface area contributed by atoms with Gasteiger partial charge in [-0.15, -0.1) is 5.10 Å². The Morgan fingerprint density at radius 2 is 2.03 bits per heavy atom. The number of nitrogens with zero attached hydrogens (tertiary/aromatic N) is 5. The number of pyridine rings is 1. The van der Waals surface area contributed by atoms with Crippen molar-refractivity contribution in [1.82, 2.24) is 24.5 Å². The number of nitrogens with two attached hydrogens (primary N) is 1. The standard InChI is InChI=1S/C26H27FN6O2/c1-14-20-10-19-11-24(34-3)31-33(19)22-7-6-18(27)9-21(22)15(2)35-23-8-17(12-29-26(23)28)25(20)32(30-14)13-16-4-5-16/h6-9,11-12,15-16H,4-5,10,13H2,1-3H3,(H2,28,29). The van der Waals surface area contributed by atoms with Crippen LogP contribution in [0.15, 0.2) is 36.5 Å². The molecule has 35 heavy (non-hydrogen) atoms. The van der Waals surface area contributed by atoms with Gasteiger partial charge >= 0.3 is 0 Å². The summed E-state index contributed by atoms with van der Waals surface area (Å²) < 4.78 is 30.0. The Balaban J connectivity index is 1.62. The first-order valence-electron chi connectivity index (χ1n) is 11.8. The van der Waals surface area contributed by atoms with Crippen molar-refractivity contribution in [2.45, 2.75) is 45.8 Å². The highest BCUT2D eigenvalue weighted by molar-refractivity contribution is 5.69. The van der Waals surface area contributed by atoms with E-state index < -0.39 is 6.10 Å². The molecular weight excluding hydrogens is 447 g/mol. The minimum absolute atomic E-state index is 0.281. The molecule has 1 aliphatic carbocycles. The van der Waals surface area contributed by atoms with E-state index in [2.05, 4.69) is 14.8 Å². The third kappa shape index (κ3) is 3.80. The van der Waals surface area contributed by atoms with Gasteiger partial charge in [-0.1, -0.05) is 0 Å². The van der Waals surface area contributed by atoms with Crippen molar-refractivity contribution >= 4 is 5.82 Å². The third-order valence-corrected chi connectivity index (χ3v) is 6.82. The van der Waals surface area contributed by atoms with Crippen LogP contribution in [0.2, 0.25) is 0 Å². The van der Waals surface area contributed by atoms with Gasteiger partial charge in [0.15, 0.2) is 11.6 Å². The van der Waals surface area contributed by atoms with Gasteiger partial charge in [-0.25, -0.2) is 14.1 Å². The van der Waals surface area contributed by atoms with E-state index >= 15 is 0 Å². The predicted molar refractivity (Wildman–Crippen MR) is 129 cm³/mol. The van der Waals surface area contributed by atoms with Crippen LogP contribution in [-0.4, -0.2) is 31.7 Å². The van der Waals surface area contributed by atoms with Gasteiger partial charge < -0.3 is 15.2 Å². The number of methoxy groups -OCH3 is 1. The van der Waals surface area contributed by atoms with E-state index in [9.17, 15) is 4.39 Å². The third-order valence-electron chi connectivity index (χ3n) is 6.82. The Morgan fingerprint density at radius 1 is 1.20 bits per heavy atom. The summed E-state index contributed by atoms with van der Waals surface area (Å²) in [5.41, 5.74) is 12.4. The van der Waals surface area contributed by atoms with E-state index in [1.165, 1.54) is 25.0 Å². The molecule has 4 aromatic rings. The maximum absolute atomic E-state index is 14.4. The molecule has 2 N–H and O–H groups in total. The highest BCUT2D eigenvalue weighted by Gasteiger charge is 2.28. The Bertz CT molecular complexity index is 1440. The quantitative estimate of drug-likeness (QED) is 0.466. The molecule has 1 atom stereocenters. The zero-order valence-corrected chi connectivity index (χ0v) is 20.0. The number of fused-ring (bicyclic) bond motifs is 7. The molecule has 1 unspecified atom stereocenters. The molecule has 1 fully saturated rings. The molecule has 6 rings (SSSR count). The van der Waals surface area contributed by atoms with Gasteiger partial charge in [0.05, 0.1) is 29.9 Å². The van der Waals surface area contributed by atoms with E-state index in [4.69, 9.17) is 20.3 Å². The molecule has 1 aromatic carbocycles. The highest BCUT2D eigenvalue weighted by atomic mass is 19.1. The van der Waals surface area contributed by atoms with Gasteiger partial charge in [0.2, 0.25) is 5.88 Å². The number of rotatable bonds is 3. The van der Waals surface area contributed by atoms with Gasteiger partial charge in [0.1, 0.15) is 11.9 Å². The molecular formula is C26H27FN6O2. The first kappa shape index (κ1) is 21.6. The molecule has 1 saturated carbocycles. The van der Waals surface area contributed by atoms with Crippen molar-refractivity contribution in [3.8, 4) is 28.6 Å². The van der Waals surface area contributed by atoms with Crippen molar-refractivity contribution < 1.29 is 13.9 Å². The average molecular weight is 475 g/mol. The summed E-state index contributed by atoms with van der Waals surface area (Å²) in [6.07, 6.45) is 4.26. The van der Waals surface area contributed by atoms with Gasteiger partial charge in [0.25, 0.3) is 0 Å². The van der Waals surface area contributed by atoms with E-state index in [0.29, 0.717) is 35.2 Å². The first-order chi connectivity index (χ1) is 16.9. The summed E-state index contributed by atoms with van der Waals surface area (Å²) in [6, 6.07) is 8.45. The van der Waals surface area contributed by atoms with Crippen molar-refractivity contribution in [2.75, 3.05) is 12.8 Å². The Kier molecular flexibility index (Phi) is 5.01. The molecule has 2 bridgehead atoms. The largest absolute Gasteiger partial charge is 0.482 e. The lowest BCUT2D eigenvalue weighted by Gasteiger charge is -2.22. The summed E-state index contributed by atoms with van der Waals surface area (Å²) in [5.74, 6) is 1.50. The van der Waals surface area contributed by atoms with Gasteiger partial charge in [0, 0.05) is 41.9 Å². The zero-order chi connectivity index (χ0) is 24.3. The van der Waals surface area contributed by atoms with Crippen molar-refractivity contribution in [1.29, 1.82) is 0 Å². The number of anilines is 1. The smallest absolute Gasteiger partial charge is 0.233 e. The number of halogens is 1. The molecule has 8 nitrogen and oxygen atoms in total. The minimum atomic E-state index is -0.514. The average Bonchev–Trinajstić information content (AvgIpc) is 3.48. The normalized spacial score (nSPS) is 16.9. The van der Waals surface area contributed by atoms with Crippen LogP contribution >= 0.6 is 0 Å². The summed E-state index contributed by atoms with van der Waals surface area (Å²) in [7, 11) is 1.59. The van der Waals surface area contributed by atoms with Crippen LogP contribution in [0.1, 0.15) is 48.4 Å². The Labute approximate surface area is 202 Å². The van der Waals surface area contributed by atoms with Crippen molar-refractivity contribution in [2.24, 2.45) is 5.92 Å². The summed E-state index contributed by atoms with van der Waals surface area (Å²) in [4.78, 5) is 4.44. The Morgan fingerprint density at radius 3 is 2.80 bits per heavy atom. The number of hydrogen-bond acceptors (Lipinski definition) is 6. The molecule has 3 aromatic heterocycles. The zero-order valence-electron chi connectivity index (χ0n) is 20.0. The fourth-order valence-corrected chi connectivity index (χ4v) is 4.82. The van der Waals surface area contributed by atoms with E-state index in [0.717, 1.165) is 34.8 Å². The van der Waals surface area contributed by atoms with Crippen LogP contribution in [0.25, 0.3) is 16.9 Å². The lowest BCUT2D eigenvalue weighted by Crippen LogP contribution is -2.14. The summed E-state index contributed by atoms with van der Waals surface area (Å²) in [5, 5.41) is 9.59. The number of benzene rings is 1. The molecule has 2 aliphatic rings. The molecule has 0 radical (unpaired) electrons. The Hall–Kier alpha value is -3.88. The molecule has 1 aliphatic heterocycles. The number of aryl methyl sites for hydroxylation is 1. The lowest BCUT2D eigenvalue weighted by atomic mass is 10.0. The monoisotopic (exact) mass is 474 g/mol. The van der Waals surface area contributed by atoms with E-state index in [1.54, 1.807) is 19.4 Å². The molecule has 0 saturated heterocycles. The number of aromatic nitrogens is 5. The molecule has 180 valence electrons. The molecule has 4 heterocycles. The van der Waals surface area contributed by atoms with Crippen LogP contribution in [0.3, 0.4) is 0 Å². The van der Waals surface area contributed by atoms with E-state index in [1.807, 2.05) is 30.7 Å². The second-order valence-corrected chi connectivity index (χ2v) is 9.38. The topological polar surface area (TPSA) is 93.0 Å². The number of ether oxygens (including phenoxy) is 2. The van der Waals surface area contributed by atoms with E-state index in [-0.39, 0.29) is 11.6 Å². The fourth-order valence-electron chi connectivity index (χ4n) is 4.82. The van der Waals surface area contributed by atoms with Crippen LogP contribution in [0, 0.1) is 18.7 Å². The second-order valence-electron chi connectivity index (χ2n) is 9.38. The van der Waals surface area contributed by atoms with Crippen LogP contribution < -0.4 is 15.2 Å². The van der Waals surface area contributed by atoms with Gasteiger partial charge in [-0.2, -0.15) is 5.10 Å². The van der Waals surface area contributed by atoms with Crippen LogP contribution in [0.5, 0.6) is 11.6 Å². The molecule has 9 heteroatoms. The van der Waals surface area contributed by atoms with Crippen molar-refractivity contribution in [3.63, 3.8) is 0 Å². The second kappa shape index (κ2) is 8.11. The van der Waals surface area contributed by atoms with Crippen LogP contribution in [0.4, 0.5) is 10.2 Å². The van der Waals surface area contributed by atoms with Crippen LogP contribution in [-0.2, 0) is 13.0 Å². The predicted octanol–water partition coefficient (Wildman–Crippen LogP) is 4.62. The maximum atomic E-state index is 14.4. The lowest BCUT2D eigenvalue weighted by molar-refractivity contribution is 0.226. The van der Waals surface area contributed by atoms with Gasteiger partial charge in [-0.05, 0) is 56.9 Å². The van der Waals surface area contributed by atoms with Crippen molar-refractivity contribution in [3.05, 3.63) is 64.9 Å². The first-order valence-corrected chi connectivity index (χ1v) is 11.8. The number of nitrogen functional groups attached to an aromatic ring is 1. The molecule has 0 amide bonds. The number of hydrogen-bond donors (Lipinski definition) is 1. The highest BCUT2D eigenvalue weighted by Crippen LogP contribution is 2.39. The SMILES string of the molecule is COc1cc2n(n1)-c1ccc(F)cc1C(C)Oc1cc(cnc1N)-c1c(c(C)nn1CC1CC1)C2. The minimum Gasteiger partial charge on any atom is -0.482 e. The summed E-state index contributed by atoms with van der Waals surface area (Å²) in [6.45, 7) is 4.75.